The summed E-state index contributed by atoms with van der Waals surface area (Å²) in [5, 5.41) is 29.7. The van der Waals surface area contributed by atoms with Crippen molar-refractivity contribution in [1.29, 1.82) is 0 Å². The molecule has 2 aromatic carbocycles. The molecule has 1 saturated heterocycles. The van der Waals surface area contributed by atoms with E-state index in [1.165, 1.54) is 0 Å². The van der Waals surface area contributed by atoms with Crippen molar-refractivity contribution in [2.45, 2.75) is 70.2 Å². The van der Waals surface area contributed by atoms with Gasteiger partial charge in [-0.3, -0.25) is 4.79 Å². The fourth-order valence-corrected chi connectivity index (χ4v) is 6.15. The third-order valence-electron chi connectivity index (χ3n) is 8.54. The Morgan fingerprint density at radius 3 is 2.81 bits per heavy atom. The number of hydrogen-bond donors (Lipinski definition) is 4. The molecule has 1 aliphatic heterocycles. The Labute approximate surface area is 244 Å². The van der Waals surface area contributed by atoms with Gasteiger partial charge in [-0.15, -0.1) is 5.10 Å². The fourth-order valence-electron chi connectivity index (χ4n) is 6.15. The van der Waals surface area contributed by atoms with Crippen molar-refractivity contribution in [1.82, 2.24) is 30.3 Å². The summed E-state index contributed by atoms with van der Waals surface area (Å²) >= 11 is 0. The van der Waals surface area contributed by atoms with E-state index in [0.29, 0.717) is 30.8 Å². The number of hydrogen-bond acceptors (Lipinski definition) is 9. The number of aliphatic hydroxyl groups is 1. The molecule has 2 aliphatic carbocycles. The molecule has 0 radical (unpaired) electrons. The summed E-state index contributed by atoms with van der Waals surface area (Å²) in [6.07, 6.45) is 5.77. The fraction of sp³-hybridized carbons (Fsp3) is 0.452. The van der Waals surface area contributed by atoms with Crippen molar-refractivity contribution < 1.29 is 9.90 Å². The van der Waals surface area contributed by atoms with E-state index >= 15 is 0 Å². The molecule has 3 atom stereocenters. The Balaban J connectivity index is 1.20. The molecule has 0 spiro atoms. The van der Waals surface area contributed by atoms with E-state index in [4.69, 9.17) is 9.97 Å². The van der Waals surface area contributed by atoms with Gasteiger partial charge in [0.15, 0.2) is 5.82 Å². The number of carbonyl (C=O) groups excluding carboxylic acids is 1. The van der Waals surface area contributed by atoms with Gasteiger partial charge < -0.3 is 26.0 Å². The standard InChI is InChI=1S/C31H37N9O2/c1-18(2)40-25-15-22(11-12-24(25)37-38-40)34-31-32-16-26(39-13-5-7-20(17-39)30(42)33-21-9-10-21)29(36-31)35-28-23-8-4-3-6-19(23)14-27(28)41/h3-4,6,8,11-12,15-16,18,20-21,27-28,41H,5,7,9-10,13-14,17H2,1-2H3,(H,33,42)(H2,32,34,35,36)/t20?,27-,28+/m1/s1. The van der Waals surface area contributed by atoms with Gasteiger partial charge in [0.2, 0.25) is 11.9 Å². The first-order chi connectivity index (χ1) is 20.4. The number of nitrogens with zero attached hydrogens (tertiary/aromatic N) is 6. The van der Waals surface area contributed by atoms with E-state index in [1.807, 2.05) is 41.2 Å². The number of carbonyl (C=O) groups is 1. The highest BCUT2D eigenvalue weighted by Gasteiger charge is 2.34. The third-order valence-corrected chi connectivity index (χ3v) is 8.54. The quantitative estimate of drug-likeness (QED) is 0.248. The molecule has 7 rings (SSSR count). The van der Waals surface area contributed by atoms with E-state index in [2.05, 4.69) is 57.1 Å². The molecule has 4 aromatic rings. The van der Waals surface area contributed by atoms with Crippen LogP contribution in [0.4, 0.5) is 23.1 Å². The predicted molar refractivity (Wildman–Crippen MR) is 162 cm³/mol. The topological polar surface area (TPSA) is 133 Å². The minimum atomic E-state index is -0.578. The Bertz CT molecular complexity index is 1620. The first kappa shape index (κ1) is 26.6. The van der Waals surface area contributed by atoms with Crippen LogP contribution in [0, 0.1) is 5.92 Å². The third kappa shape index (κ3) is 5.24. The van der Waals surface area contributed by atoms with Crippen LogP contribution in [0.5, 0.6) is 0 Å². The Morgan fingerprint density at radius 1 is 1.12 bits per heavy atom. The average molecular weight is 568 g/mol. The van der Waals surface area contributed by atoms with Crippen LogP contribution in [0.25, 0.3) is 11.0 Å². The van der Waals surface area contributed by atoms with Crippen molar-refractivity contribution >= 4 is 40.1 Å². The zero-order valence-corrected chi connectivity index (χ0v) is 24.0. The Morgan fingerprint density at radius 2 is 1.98 bits per heavy atom. The van der Waals surface area contributed by atoms with Crippen molar-refractivity contribution in [2.24, 2.45) is 5.92 Å². The van der Waals surface area contributed by atoms with E-state index in [0.717, 1.165) is 65.8 Å². The molecule has 1 unspecified atom stereocenters. The van der Waals surface area contributed by atoms with Crippen LogP contribution in [0.3, 0.4) is 0 Å². The van der Waals surface area contributed by atoms with Crippen LogP contribution >= 0.6 is 0 Å². The maximum absolute atomic E-state index is 12.9. The monoisotopic (exact) mass is 567 g/mol. The Kier molecular flexibility index (Phi) is 6.89. The van der Waals surface area contributed by atoms with Gasteiger partial charge >= 0.3 is 0 Å². The van der Waals surface area contributed by atoms with Gasteiger partial charge in [0.05, 0.1) is 35.5 Å². The van der Waals surface area contributed by atoms with E-state index in [-0.39, 0.29) is 23.9 Å². The zero-order valence-electron chi connectivity index (χ0n) is 24.0. The largest absolute Gasteiger partial charge is 0.390 e. The molecule has 2 aromatic heterocycles. The van der Waals surface area contributed by atoms with E-state index in [9.17, 15) is 9.90 Å². The van der Waals surface area contributed by atoms with Crippen LogP contribution < -0.4 is 20.9 Å². The van der Waals surface area contributed by atoms with Gasteiger partial charge in [-0.25, -0.2) is 9.67 Å². The highest BCUT2D eigenvalue weighted by molar-refractivity contribution is 5.81. The number of benzene rings is 2. The number of piperidine rings is 1. The summed E-state index contributed by atoms with van der Waals surface area (Å²) < 4.78 is 1.89. The second kappa shape index (κ2) is 10.9. The highest BCUT2D eigenvalue weighted by atomic mass is 16.3. The van der Waals surface area contributed by atoms with Gasteiger partial charge in [0.1, 0.15) is 5.52 Å². The van der Waals surface area contributed by atoms with Crippen LogP contribution in [0.1, 0.15) is 62.7 Å². The number of rotatable bonds is 8. The lowest BCUT2D eigenvalue weighted by atomic mass is 9.96. The zero-order chi connectivity index (χ0) is 28.8. The maximum Gasteiger partial charge on any atom is 0.229 e. The highest BCUT2D eigenvalue weighted by Crippen LogP contribution is 2.38. The first-order valence-electron chi connectivity index (χ1n) is 15.0. The number of fused-ring (bicyclic) bond motifs is 2. The normalized spacial score (nSPS) is 21.9. The summed E-state index contributed by atoms with van der Waals surface area (Å²) in [4.78, 5) is 24.8. The summed E-state index contributed by atoms with van der Waals surface area (Å²) in [5.41, 5.74) is 5.62. The molecule has 4 N–H and O–H groups in total. The number of anilines is 4. The summed E-state index contributed by atoms with van der Waals surface area (Å²) in [6.45, 7) is 5.56. The van der Waals surface area contributed by atoms with Crippen molar-refractivity contribution in [3.8, 4) is 0 Å². The summed E-state index contributed by atoms with van der Waals surface area (Å²) in [7, 11) is 0. The molecule has 1 amide bonds. The molecular formula is C31H37N9O2. The number of aliphatic hydroxyl groups excluding tert-OH is 1. The lowest BCUT2D eigenvalue weighted by Crippen LogP contribution is -2.44. The van der Waals surface area contributed by atoms with Crippen molar-refractivity contribution in [2.75, 3.05) is 28.6 Å². The van der Waals surface area contributed by atoms with Crippen molar-refractivity contribution in [3.63, 3.8) is 0 Å². The molecule has 1 saturated carbocycles. The molecule has 11 nitrogen and oxygen atoms in total. The SMILES string of the molecule is CC(C)n1nnc2ccc(Nc3ncc(N4CCCC(C(=O)NC5CC5)C4)c(N[C@H]4c5ccccc5C[C@H]4O)n3)cc21. The number of amides is 1. The molecule has 2 fully saturated rings. The number of aromatic nitrogens is 5. The van der Waals surface area contributed by atoms with Crippen LogP contribution in [0.2, 0.25) is 0 Å². The number of nitrogens with one attached hydrogen (secondary N) is 3. The molecule has 3 aliphatic rings. The molecule has 218 valence electrons. The van der Waals surface area contributed by atoms with Gasteiger partial charge in [-0.05, 0) is 68.9 Å². The van der Waals surface area contributed by atoms with Gasteiger partial charge in [0.25, 0.3) is 0 Å². The second-order valence-corrected chi connectivity index (χ2v) is 12.0. The maximum atomic E-state index is 12.9. The van der Waals surface area contributed by atoms with E-state index < -0.39 is 6.10 Å². The Hall–Kier alpha value is -4.25. The van der Waals surface area contributed by atoms with Gasteiger partial charge in [-0.1, -0.05) is 29.5 Å². The molecule has 42 heavy (non-hydrogen) atoms. The lowest BCUT2D eigenvalue weighted by molar-refractivity contribution is -0.125. The molecule has 0 bridgehead atoms. The van der Waals surface area contributed by atoms with Crippen LogP contribution in [-0.2, 0) is 11.2 Å². The predicted octanol–water partition coefficient (Wildman–Crippen LogP) is 4.11. The molecule has 3 heterocycles. The minimum absolute atomic E-state index is 0.0751. The molecular weight excluding hydrogens is 530 g/mol. The summed E-state index contributed by atoms with van der Waals surface area (Å²) in [6, 6.07) is 14.2. The summed E-state index contributed by atoms with van der Waals surface area (Å²) in [5.74, 6) is 1.13. The van der Waals surface area contributed by atoms with Crippen molar-refractivity contribution in [3.05, 3.63) is 59.8 Å². The first-order valence-corrected chi connectivity index (χ1v) is 15.0. The van der Waals surface area contributed by atoms with Crippen LogP contribution in [-0.4, -0.2) is 61.2 Å². The second-order valence-electron chi connectivity index (χ2n) is 12.0. The van der Waals surface area contributed by atoms with Gasteiger partial charge in [-0.2, -0.15) is 4.98 Å². The molecule has 11 heteroatoms. The van der Waals surface area contributed by atoms with Crippen LogP contribution in [0.15, 0.2) is 48.7 Å². The lowest BCUT2D eigenvalue weighted by Gasteiger charge is -2.35. The minimum Gasteiger partial charge on any atom is -0.390 e. The smallest absolute Gasteiger partial charge is 0.229 e. The van der Waals surface area contributed by atoms with Gasteiger partial charge in [0, 0.05) is 37.3 Å². The average Bonchev–Trinajstić information content (AvgIpc) is 3.61. The van der Waals surface area contributed by atoms with E-state index in [1.54, 1.807) is 0 Å².